The summed E-state index contributed by atoms with van der Waals surface area (Å²) >= 11 is 0. The Bertz CT molecular complexity index is 758. The van der Waals surface area contributed by atoms with Gasteiger partial charge in [-0.05, 0) is 94.7 Å². The van der Waals surface area contributed by atoms with Crippen LogP contribution in [0.1, 0.15) is 58.3 Å². The highest BCUT2D eigenvalue weighted by molar-refractivity contribution is 5.92. The molecule has 162 valence electrons. The van der Waals surface area contributed by atoms with Crippen molar-refractivity contribution in [1.29, 1.82) is 0 Å². The first-order valence-corrected chi connectivity index (χ1v) is 11.9. The molecule has 2 N–H and O–H groups in total. The molecule has 4 bridgehead atoms. The molecule has 5 fully saturated rings. The summed E-state index contributed by atoms with van der Waals surface area (Å²) in [7, 11) is 0. The van der Waals surface area contributed by atoms with Gasteiger partial charge in [-0.3, -0.25) is 14.5 Å². The quantitative estimate of drug-likeness (QED) is 0.777. The summed E-state index contributed by atoms with van der Waals surface area (Å²) in [5.41, 5.74) is 0.896. The fourth-order valence-corrected chi connectivity index (χ4v) is 7.13. The van der Waals surface area contributed by atoms with E-state index in [0.717, 1.165) is 42.8 Å². The Morgan fingerprint density at radius 3 is 2.30 bits per heavy atom. The minimum Gasteiger partial charge on any atom is -0.349 e. The zero-order chi connectivity index (χ0) is 20.7. The smallest absolute Gasteiger partial charge is 0.237 e. The van der Waals surface area contributed by atoms with E-state index in [9.17, 15) is 9.59 Å². The Labute approximate surface area is 180 Å². The Morgan fingerprint density at radius 2 is 1.67 bits per heavy atom. The number of para-hydroxylation sites is 1. The summed E-state index contributed by atoms with van der Waals surface area (Å²) in [5, 5.41) is 6.56. The molecule has 30 heavy (non-hydrogen) atoms. The monoisotopic (exact) mass is 409 g/mol. The number of anilines is 1. The number of piperidine rings is 1. The van der Waals surface area contributed by atoms with E-state index in [1.165, 1.54) is 38.5 Å². The Hall–Kier alpha value is -1.88. The van der Waals surface area contributed by atoms with Gasteiger partial charge in [0.05, 0.1) is 12.0 Å². The molecule has 2 amide bonds. The largest absolute Gasteiger partial charge is 0.349 e. The van der Waals surface area contributed by atoms with Crippen molar-refractivity contribution >= 4 is 17.5 Å². The SMILES string of the molecule is CC(C(=O)NC12CC3CC(CC(C3)C1)C2)N1CCCC(C(=O)Nc2ccccc2)C1. The van der Waals surface area contributed by atoms with E-state index in [1.807, 2.05) is 37.3 Å². The van der Waals surface area contributed by atoms with Gasteiger partial charge in [0, 0.05) is 17.8 Å². The molecule has 5 heteroatoms. The lowest BCUT2D eigenvalue weighted by Gasteiger charge is -2.57. The van der Waals surface area contributed by atoms with Crippen molar-refractivity contribution in [3.63, 3.8) is 0 Å². The Kier molecular flexibility index (Phi) is 5.34. The van der Waals surface area contributed by atoms with Gasteiger partial charge < -0.3 is 10.6 Å². The fraction of sp³-hybridized carbons (Fsp3) is 0.680. The minimum atomic E-state index is -0.176. The molecule has 1 aromatic carbocycles. The van der Waals surface area contributed by atoms with Gasteiger partial charge >= 0.3 is 0 Å². The highest BCUT2D eigenvalue weighted by Crippen LogP contribution is 2.55. The van der Waals surface area contributed by atoms with Gasteiger partial charge in [0.2, 0.25) is 11.8 Å². The zero-order valence-electron chi connectivity index (χ0n) is 18.1. The maximum Gasteiger partial charge on any atom is 0.237 e. The maximum atomic E-state index is 13.2. The first-order valence-electron chi connectivity index (χ1n) is 11.9. The first kappa shape index (κ1) is 20.0. The molecule has 6 rings (SSSR count). The molecule has 4 saturated carbocycles. The van der Waals surface area contributed by atoms with Gasteiger partial charge in [0.1, 0.15) is 0 Å². The summed E-state index contributed by atoms with van der Waals surface area (Å²) in [6, 6.07) is 9.46. The molecular formula is C25H35N3O2. The van der Waals surface area contributed by atoms with E-state index in [1.54, 1.807) is 0 Å². The molecule has 4 aliphatic carbocycles. The van der Waals surface area contributed by atoms with Gasteiger partial charge in [0.15, 0.2) is 0 Å². The number of amides is 2. The van der Waals surface area contributed by atoms with Crippen LogP contribution >= 0.6 is 0 Å². The number of hydrogen-bond acceptors (Lipinski definition) is 3. The van der Waals surface area contributed by atoms with Crippen LogP contribution in [0.25, 0.3) is 0 Å². The molecule has 2 atom stereocenters. The predicted octanol–water partition coefficient (Wildman–Crippen LogP) is 3.81. The number of hydrogen-bond donors (Lipinski definition) is 2. The van der Waals surface area contributed by atoms with Crippen molar-refractivity contribution in [2.75, 3.05) is 18.4 Å². The average molecular weight is 410 g/mol. The molecular weight excluding hydrogens is 374 g/mol. The molecule has 0 spiro atoms. The molecule has 2 unspecified atom stereocenters. The van der Waals surface area contributed by atoms with Crippen LogP contribution in [-0.2, 0) is 9.59 Å². The number of carbonyl (C=O) groups excluding carboxylic acids is 2. The fourth-order valence-electron chi connectivity index (χ4n) is 7.13. The van der Waals surface area contributed by atoms with Gasteiger partial charge in [-0.25, -0.2) is 0 Å². The van der Waals surface area contributed by atoms with Crippen molar-refractivity contribution in [3.05, 3.63) is 30.3 Å². The summed E-state index contributed by atoms with van der Waals surface area (Å²) in [4.78, 5) is 28.2. The lowest BCUT2D eigenvalue weighted by molar-refractivity contribution is -0.133. The van der Waals surface area contributed by atoms with Crippen molar-refractivity contribution < 1.29 is 9.59 Å². The third-order valence-corrected chi connectivity index (χ3v) is 8.22. The average Bonchev–Trinajstić information content (AvgIpc) is 2.72. The lowest BCUT2D eigenvalue weighted by Crippen LogP contribution is -2.62. The standard InChI is InChI=1S/C25H35N3O2/c1-17(23(29)27-25-13-18-10-19(14-25)12-20(11-18)15-25)28-9-5-6-21(16-28)24(30)26-22-7-3-2-4-8-22/h2-4,7-8,17-21H,5-6,9-16H2,1H3,(H,26,30)(H,27,29). The second kappa shape index (κ2) is 7.99. The predicted molar refractivity (Wildman–Crippen MR) is 118 cm³/mol. The molecule has 1 saturated heterocycles. The van der Waals surface area contributed by atoms with Gasteiger partial charge in [-0.2, -0.15) is 0 Å². The highest BCUT2D eigenvalue weighted by atomic mass is 16.2. The summed E-state index contributed by atoms with van der Waals surface area (Å²) in [6.45, 7) is 3.58. The molecule has 0 radical (unpaired) electrons. The van der Waals surface area contributed by atoms with Gasteiger partial charge in [-0.15, -0.1) is 0 Å². The van der Waals surface area contributed by atoms with Crippen LogP contribution in [0, 0.1) is 23.7 Å². The van der Waals surface area contributed by atoms with Crippen molar-refractivity contribution in [2.45, 2.75) is 69.9 Å². The lowest BCUT2D eigenvalue weighted by atomic mass is 9.53. The van der Waals surface area contributed by atoms with Crippen LogP contribution < -0.4 is 10.6 Å². The molecule has 5 nitrogen and oxygen atoms in total. The summed E-state index contributed by atoms with van der Waals surface area (Å²) in [6.07, 6.45) is 9.54. The van der Waals surface area contributed by atoms with E-state index >= 15 is 0 Å². The maximum absolute atomic E-state index is 13.2. The second-order valence-corrected chi connectivity index (χ2v) is 10.6. The molecule has 5 aliphatic rings. The zero-order valence-corrected chi connectivity index (χ0v) is 18.1. The van der Waals surface area contributed by atoms with Crippen LogP contribution in [0.3, 0.4) is 0 Å². The van der Waals surface area contributed by atoms with Crippen molar-refractivity contribution in [2.24, 2.45) is 23.7 Å². The van der Waals surface area contributed by atoms with E-state index in [2.05, 4.69) is 15.5 Å². The number of likely N-dealkylation sites (tertiary alicyclic amines) is 1. The van der Waals surface area contributed by atoms with Crippen LogP contribution in [0.4, 0.5) is 5.69 Å². The topological polar surface area (TPSA) is 61.4 Å². The first-order chi connectivity index (χ1) is 14.5. The van der Waals surface area contributed by atoms with Crippen molar-refractivity contribution in [1.82, 2.24) is 10.2 Å². The normalized spacial score (nSPS) is 36.3. The number of rotatable bonds is 5. The summed E-state index contributed by atoms with van der Waals surface area (Å²) < 4.78 is 0. The molecule has 1 heterocycles. The number of nitrogens with zero attached hydrogens (tertiary/aromatic N) is 1. The van der Waals surface area contributed by atoms with Crippen LogP contribution in [0.15, 0.2) is 30.3 Å². The Balaban J connectivity index is 1.19. The van der Waals surface area contributed by atoms with E-state index in [0.29, 0.717) is 6.54 Å². The van der Waals surface area contributed by atoms with E-state index in [4.69, 9.17) is 0 Å². The highest BCUT2D eigenvalue weighted by Gasteiger charge is 2.52. The van der Waals surface area contributed by atoms with Gasteiger partial charge in [-0.1, -0.05) is 18.2 Å². The van der Waals surface area contributed by atoms with E-state index < -0.39 is 0 Å². The molecule has 0 aromatic heterocycles. The summed E-state index contributed by atoms with van der Waals surface area (Å²) in [5.74, 6) is 2.66. The third-order valence-electron chi connectivity index (χ3n) is 8.22. The molecule has 1 aliphatic heterocycles. The van der Waals surface area contributed by atoms with Gasteiger partial charge in [0.25, 0.3) is 0 Å². The van der Waals surface area contributed by atoms with Crippen LogP contribution in [0.2, 0.25) is 0 Å². The number of benzene rings is 1. The van der Waals surface area contributed by atoms with Crippen LogP contribution in [-0.4, -0.2) is 41.4 Å². The van der Waals surface area contributed by atoms with Crippen LogP contribution in [0.5, 0.6) is 0 Å². The van der Waals surface area contributed by atoms with Crippen molar-refractivity contribution in [3.8, 4) is 0 Å². The second-order valence-electron chi connectivity index (χ2n) is 10.6. The number of carbonyl (C=O) groups is 2. The number of nitrogens with one attached hydrogen (secondary N) is 2. The Morgan fingerprint density at radius 1 is 1.03 bits per heavy atom. The molecule has 1 aromatic rings. The minimum absolute atomic E-state index is 0.0555. The van der Waals surface area contributed by atoms with E-state index in [-0.39, 0.29) is 29.3 Å². The third kappa shape index (κ3) is 4.01.